The Morgan fingerprint density at radius 1 is 1.22 bits per heavy atom. The molecule has 0 amide bonds. The molecule has 3 heteroatoms. The average molecular weight is 270 g/mol. The predicted octanol–water partition coefficient (Wildman–Crippen LogP) is 3.95. The van der Waals surface area contributed by atoms with Crippen molar-refractivity contribution < 1.29 is 9.53 Å². The van der Waals surface area contributed by atoms with E-state index >= 15 is 0 Å². The minimum atomic E-state index is -1.76. The summed E-state index contributed by atoms with van der Waals surface area (Å²) in [6.45, 7) is 13.3. The lowest BCUT2D eigenvalue weighted by atomic mass is 10.1. The van der Waals surface area contributed by atoms with Crippen LogP contribution in [0.3, 0.4) is 0 Å². The molecule has 0 rings (SSSR count). The van der Waals surface area contributed by atoms with Crippen LogP contribution in [0.15, 0.2) is 0 Å². The Balaban J connectivity index is 4.58. The number of hydrogen-bond acceptors (Lipinski definition) is 2. The molecule has 0 aromatic heterocycles. The number of unbranched alkanes of at least 4 members (excludes halogenated alkanes) is 2. The molecule has 1 atom stereocenters. The van der Waals surface area contributed by atoms with Crippen molar-refractivity contribution in [3.63, 3.8) is 0 Å². The average Bonchev–Trinajstić information content (AvgIpc) is 2.24. The molecule has 18 heavy (non-hydrogen) atoms. The van der Waals surface area contributed by atoms with Crippen LogP contribution in [-0.4, -0.2) is 26.1 Å². The molecular formula is C15H30O2Si. The smallest absolute Gasteiger partial charge is 0.193 e. The van der Waals surface area contributed by atoms with E-state index in [1.165, 1.54) is 12.8 Å². The Labute approximate surface area is 114 Å². The van der Waals surface area contributed by atoms with Gasteiger partial charge in [0.1, 0.15) is 12.7 Å². The van der Waals surface area contributed by atoms with Gasteiger partial charge in [-0.2, -0.15) is 0 Å². The van der Waals surface area contributed by atoms with Gasteiger partial charge in [0.25, 0.3) is 0 Å². The minimum Gasteiger partial charge on any atom is -0.403 e. The zero-order chi connectivity index (χ0) is 14.2. The highest BCUT2D eigenvalue weighted by Crippen LogP contribution is 2.37. The second kappa shape index (κ2) is 7.99. The molecule has 0 aliphatic carbocycles. The van der Waals surface area contributed by atoms with Gasteiger partial charge in [-0.3, -0.25) is 0 Å². The second-order valence-electron chi connectivity index (χ2n) is 6.34. The highest BCUT2D eigenvalue weighted by Gasteiger charge is 2.38. The van der Waals surface area contributed by atoms with Crippen LogP contribution in [0, 0.1) is 11.8 Å². The Morgan fingerprint density at radius 2 is 1.83 bits per heavy atom. The lowest BCUT2D eigenvalue weighted by Crippen LogP contribution is -2.43. The molecule has 0 aliphatic heterocycles. The van der Waals surface area contributed by atoms with E-state index in [4.69, 9.17) is 9.53 Å². The van der Waals surface area contributed by atoms with Gasteiger partial charge in [-0.15, -0.1) is 0 Å². The topological polar surface area (TPSA) is 29.5 Å². The zero-order valence-corrected chi connectivity index (χ0v) is 14.0. The number of aliphatic hydroxyl groups is 1. The Hall–Kier alpha value is -0.303. The molecule has 0 radical (unpaired) electrons. The SMILES string of the molecule is CCCCCC(C#CCO)O[Si](C)(C)C(C)(C)C. The van der Waals surface area contributed by atoms with Gasteiger partial charge >= 0.3 is 0 Å². The molecule has 0 saturated carbocycles. The summed E-state index contributed by atoms with van der Waals surface area (Å²) in [5.41, 5.74) is 0. The van der Waals surface area contributed by atoms with Crippen molar-refractivity contribution >= 4 is 8.32 Å². The van der Waals surface area contributed by atoms with Crippen molar-refractivity contribution in [1.82, 2.24) is 0 Å². The molecule has 0 heterocycles. The number of aliphatic hydroxyl groups excluding tert-OH is 1. The summed E-state index contributed by atoms with van der Waals surface area (Å²) < 4.78 is 6.31. The van der Waals surface area contributed by atoms with Crippen molar-refractivity contribution in [3.8, 4) is 11.8 Å². The van der Waals surface area contributed by atoms with Crippen molar-refractivity contribution in [1.29, 1.82) is 0 Å². The Bertz CT molecular complexity index is 281. The fourth-order valence-corrected chi connectivity index (χ4v) is 2.67. The molecule has 1 N–H and O–H groups in total. The lowest BCUT2D eigenvalue weighted by molar-refractivity contribution is 0.219. The van der Waals surface area contributed by atoms with Crippen LogP contribution in [0.25, 0.3) is 0 Å². The summed E-state index contributed by atoms with van der Waals surface area (Å²) in [6, 6.07) is 0. The molecule has 0 bridgehead atoms. The summed E-state index contributed by atoms with van der Waals surface area (Å²) >= 11 is 0. The second-order valence-corrected chi connectivity index (χ2v) is 11.1. The first-order chi connectivity index (χ1) is 8.24. The molecule has 0 spiro atoms. The third kappa shape index (κ3) is 6.58. The first kappa shape index (κ1) is 17.7. The molecule has 0 aliphatic rings. The summed E-state index contributed by atoms with van der Waals surface area (Å²) in [7, 11) is -1.76. The van der Waals surface area contributed by atoms with Crippen LogP contribution in [-0.2, 0) is 4.43 Å². The maximum Gasteiger partial charge on any atom is 0.193 e. The molecule has 0 fully saturated rings. The van der Waals surface area contributed by atoms with Gasteiger partial charge in [-0.1, -0.05) is 52.4 Å². The van der Waals surface area contributed by atoms with Gasteiger partial charge in [0.2, 0.25) is 0 Å². The normalized spacial score (nSPS) is 13.9. The van der Waals surface area contributed by atoms with E-state index in [-0.39, 0.29) is 17.7 Å². The molecule has 0 saturated heterocycles. The molecule has 0 aromatic carbocycles. The van der Waals surface area contributed by atoms with Crippen LogP contribution in [0.1, 0.15) is 53.4 Å². The van der Waals surface area contributed by atoms with Gasteiger partial charge in [0, 0.05) is 0 Å². The van der Waals surface area contributed by atoms with Crippen molar-refractivity contribution in [2.24, 2.45) is 0 Å². The van der Waals surface area contributed by atoms with Crippen LogP contribution in [0.5, 0.6) is 0 Å². The van der Waals surface area contributed by atoms with Gasteiger partial charge in [0.05, 0.1) is 0 Å². The minimum absolute atomic E-state index is 0.00964. The van der Waals surface area contributed by atoms with E-state index in [0.717, 1.165) is 12.8 Å². The van der Waals surface area contributed by atoms with Crippen molar-refractivity contribution in [2.45, 2.75) is 77.6 Å². The first-order valence-electron chi connectivity index (χ1n) is 7.01. The quantitative estimate of drug-likeness (QED) is 0.450. The molecular weight excluding hydrogens is 240 g/mol. The molecule has 2 nitrogen and oxygen atoms in total. The molecule has 106 valence electrons. The number of hydrogen-bond donors (Lipinski definition) is 1. The highest BCUT2D eigenvalue weighted by atomic mass is 28.4. The van der Waals surface area contributed by atoms with Gasteiger partial charge in [0.15, 0.2) is 8.32 Å². The summed E-state index contributed by atoms with van der Waals surface area (Å²) in [5.74, 6) is 5.82. The molecule has 1 unspecified atom stereocenters. The van der Waals surface area contributed by atoms with Crippen molar-refractivity contribution in [3.05, 3.63) is 0 Å². The maximum absolute atomic E-state index is 8.83. The standard InChI is InChI=1S/C15H30O2Si/c1-7-8-9-11-14(12-10-13-16)17-18(5,6)15(2,3)4/h14,16H,7-9,11,13H2,1-6H3. The van der Waals surface area contributed by atoms with Gasteiger partial charge < -0.3 is 9.53 Å². The van der Waals surface area contributed by atoms with E-state index in [2.05, 4.69) is 52.6 Å². The van der Waals surface area contributed by atoms with Gasteiger partial charge in [-0.25, -0.2) is 0 Å². The summed E-state index contributed by atoms with van der Waals surface area (Å²) in [5, 5.41) is 9.03. The van der Waals surface area contributed by atoms with E-state index in [1.807, 2.05) is 0 Å². The Morgan fingerprint density at radius 3 is 2.28 bits per heavy atom. The van der Waals surface area contributed by atoms with Crippen LogP contribution in [0.2, 0.25) is 18.1 Å². The third-order valence-electron chi connectivity index (χ3n) is 3.66. The van der Waals surface area contributed by atoms with Crippen LogP contribution in [0.4, 0.5) is 0 Å². The first-order valence-corrected chi connectivity index (χ1v) is 9.92. The largest absolute Gasteiger partial charge is 0.403 e. The lowest BCUT2D eigenvalue weighted by Gasteiger charge is -2.38. The van der Waals surface area contributed by atoms with Crippen LogP contribution >= 0.6 is 0 Å². The zero-order valence-electron chi connectivity index (χ0n) is 13.0. The van der Waals surface area contributed by atoms with E-state index in [1.54, 1.807) is 0 Å². The summed E-state index contributed by atoms with van der Waals surface area (Å²) in [6.07, 6.45) is 4.55. The third-order valence-corrected chi connectivity index (χ3v) is 8.14. The van der Waals surface area contributed by atoms with Gasteiger partial charge in [-0.05, 0) is 31.0 Å². The predicted molar refractivity (Wildman–Crippen MR) is 81.1 cm³/mol. The van der Waals surface area contributed by atoms with Crippen LogP contribution < -0.4 is 0 Å². The number of rotatable bonds is 6. The van der Waals surface area contributed by atoms with Crippen molar-refractivity contribution in [2.75, 3.05) is 6.61 Å². The van der Waals surface area contributed by atoms with E-state index < -0.39 is 8.32 Å². The Kier molecular flexibility index (Phi) is 7.85. The van der Waals surface area contributed by atoms with E-state index in [0.29, 0.717) is 0 Å². The highest BCUT2D eigenvalue weighted by molar-refractivity contribution is 6.74. The molecule has 0 aromatic rings. The maximum atomic E-state index is 8.83. The fourth-order valence-electron chi connectivity index (χ4n) is 1.43. The van der Waals surface area contributed by atoms with E-state index in [9.17, 15) is 0 Å². The monoisotopic (exact) mass is 270 g/mol. The summed E-state index contributed by atoms with van der Waals surface area (Å²) in [4.78, 5) is 0. The fraction of sp³-hybridized carbons (Fsp3) is 0.867.